The van der Waals surface area contributed by atoms with E-state index in [9.17, 15) is 8.42 Å². The monoisotopic (exact) mass is 271 g/mol. The lowest BCUT2D eigenvalue weighted by Gasteiger charge is -2.05. The number of benzene rings is 1. The summed E-state index contributed by atoms with van der Waals surface area (Å²) in [6.07, 6.45) is 1.21. The molecule has 5 heteroatoms. The Morgan fingerprint density at radius 3 is 2.41 bits per heavy atom. The van der Waals surface area contributed by atoms with Gasteiger partial charge in [-0.3, -0.25) is 0 Å². The molecule has 3 nitrogen and oxygen atoms in total. The van der Waals surface area contributed by atoms with Gasteiger partial charge in [0.2, 0.25) is 0 Å². The van der Waals surface area contributed by atoms with E-state index < -0.39 is 9.84 Å². The van der Waals surface area contributed by atoms with Crippen LogP contribution in [0, 0.1) is 0 Å². The zero-order valence-electron chi connectivity index (χ0n) is 10.1. The van der Waals surface area contributed by atoms with Crippen LogP contribution in [0.2, 0.25) is 0 Å². The summed E-state index contributed by atoms with van der Waals surface area (Å²) in [5.41, 5.74) is 1.12. The van der Waals surface area contributed by atoms with E-state index in [1.54, 1.807) is 23.9 Å². The van der Waals surface area contributed by atoms with Crippen LogP contribution in [-0.2, 0) is 9.84 Å². The fraction of sp³-hybridized carbons (Fsp3) is 0.333. The molecule has 1 N–H and O–H groups in total. The molecule has 94 valence electrons. The van der Waals surface area contributed by atoms with E-state index in [4.69, 9.17) is 0 Å². The van der Waals surface area contributed by atoms with Crippen molar-refractivity contribution < 1.29 is 8.42 Å². The molecule has 0 aromatic heterocycles. The first-order chi connectivity index (χ1) is 7.93. The molecule has 0 saturated carbocycles. The summed E-state index contributed by atoms with van der Waals surface area (Å²) < 4.78 is 22.5. The zero-order valence-corrected chi connectivity index (χ0v) is 11.7. The first-order valence-corrected chi connectivity index (χ1v) is 8.05. The minimum absolute atomic E-state index is 0.357. The summed E-state index contributed by atoms with van der Waals surface area (Å²) in [5.74, 6) is 0.832. The van der Waals surface area contributed by atoms with Gasteiger partial charge in [-0.15, -0.1) is 11.8 Å². The predicted molar refractivity (Wildman–Crippen MR) is 73.3 cm³/mol. The minimum atomic E-state index is -3.10. The molecule has 0 atom stereocenters. The minimum Gasteiger partial charge on any atom is -0.316 e. The Bertz CT molecular complexity index is 478. The fourth-order valence-electron chi connectivity index (χ4n) is 1.27. The standard InChI is InChI=1S/C12H17NO2S2/c1-10(8-13-2)9-16-11-4-6-12(7-5-11)17(3,14)15/h4-7,13H,1,8-9H2,2-3H3. The number of thioether (sulfide) groups is 1. The average molecular weight is 271 g/mol. The molecule has 0 aliphatic rings. The maximum Gasteiger partial charge on any atom is 0.175 e. The van der Waals surface area contributed by atoms with Crippen LogP contribution in [0.5, 0.6) is 0 Å². The van der Waals surface area contributed by atoms with Crippen molar-refractivity contribution in [2.75, 3.05) is 25.6 Å². The van der Waals surface area contributed by atoms with Crippen molar-refractivity contribution in [1.82, 2.24) is 5.32 Å². The summed E-state index contributed by atoms with van der Waals surface area (Å²) in [4.78, 5) is 1.41. The smallest absolute Gasteiger partial charge is 0.175 e. The van der Waals surface area contributed by atoms with Crippen molar-refractivity contribution in [3.63, 3.8) is 0 Å². The van der Waals surface area contributed by atoms with Crippen LogP contribution >= 0.6 is 11.8 Å². The maximum absolute atomic E-state index is 11.3. The van der Waals surface area contributed by atoms with Crippen molar-refractivity contribution >= 4 is 21.6 Å². The molecule has 1 rings (SSSR count). The highest BCUT2D eigenvalue weighted by Gasteiger charge is 2.06. The Morgan fingerprint density at radius 2 is 1.94 bits per heavy atom. The number of hydrogen-bond donors (Lipinski definition) is 1. The molecule has 0 bridgehead atoms. The predicted octanol–water partition coefficient (Wildman–Crippen LogP) is 1.96. The highest BCUT2D eigenvalue weighted by atomic mass is 32.2. The number of sulfone groups is 1. The van der Waals surface area contributed by atoms with Gasteiger partial charge in [-0.25, -0.2) is 8.42 Å². The van der Waals surface area contributed by atoms with Crippen molar-refractivity contribution in [3.05, 3.63) is 36.4 Å². The van der Waals surface area contributed by atoms with Gasteiger partial charge in [0.1, 0.15) is 0 Å². The molecular weight excluding hydrogens is 254 g/mol. The quantitative estimate of drug-likeness (QED) is 0.634. The van der Waals surface area contributed by atoms with Crippen LogP contribution in [0.3, 0.4) is 0 Å². The number of nitrogens with one attached hydrogen (secondary N) is 1. The van der Waals surface area contributed by atoms with Crippen LogP contribution in [0.1, 0.15) is 0 Å². The molecule has 0 aliphatic carbocycles. The van der Waals surface area contributed by atoms with Gasteiger partial charge in [0.15, 0.2) is 9.84 Å². The molecule has 0 heterocycles. The highest BCUT2D eigenvalue weighted by molar-refractivity contribution is 7.99. The van der Waals surface area contributed by atoms with E-state index in [0.717, 1.165) is 22.8 Å². The van der Waals surface area contributed by atoms with Gasteiger partial charge in [-0.1, -0.05) is 12.2 Å². The number of hydrogen-bond acceptors (Lipinski definition) is 4. The third-order valence-electron chi connectivity index (χ3n) is 2.12. The fourth-order valence-corrected chi connectivity index (χ4v) is 2.70. The van der Waals surface area contributed by atoms with Crippen LogP contribution in [-0.4, -0.2) is 34.0 Å². The molecule has 0 aliphatic heterocycles. The lowest BCUT2D eigenvalue weighted by atomic mass is 10.3. The molecule has 17 heavy (non-hydrogen) atoms. The van der Waals surface area contributed by atoms with Crippen molar-refractivity contribution in [3.8, 4) is 0 Å². The van der Waals surface area contributed by atoms with E-state index in [1.807, 2.05) is 19.2 Å². The second-order valence-electron chi connectivity index (χ2n) is 3.81. The molecular formula is C12H17NO2S2. The van der Waals surface area contributed by atoms with Gasteiger partial charge in [-0.05, 0) is 31.3 Å². The Balaban J connectivity index is 2.60. The summed E-state index contributed by atoms with van der Waals surface area (Å²) in [5, 5.41) is 3.04. The van der Waals surface area contributed by atoms with E-state index in [1.165, 1.54) is 6.26 Å². The molecule has 0 fully saturated rings. The first kappa shape index (κ1) is 14.3. The van der Waals surface area contributed by atoms with Gasteiger partial charge in [0, 0.05) is 23.4 Å². The first-order valence-electron chi connectivity index (χ1n) is 5.17. The van der Waals surface area contributed by atoms with Gasteiger partial charge in [0.05, 0.1) is 4.90 Å². The van der Waals surface area contributed by atoms with Crippen molar-refractivity contribution in [2.24, 2.45) is 0 Å². The van der Waals surface area contributed by atoms with Gasteiger partial charge in [0.25, 0.3) is 0 Å². The Morgan fingerprint density at radius 1 is 1.35 bits per heavy atom. The van der Waals surface area contributed by atoms with Crippen LogP contribution in [0.25, 0.3) is 0 Å². The van der Waals surface area contributed by atoms with E-state index in [2.05, 4.69) is 11.9 Å². The molecule has 0 unspecified atom stereocenters. The van der Waals surface area contributed by atoms with Crippen LogP contribution in [0.4, 0.5) is 0 Å². The summed E-state index contributed by atoms with van der Waals surface area (Å²) in [6.45, 7) is 4.74. The molecule has 0 spiro atoms. The lowest BCUT2D eigenvalue weighted by Crippen LogP contribution is -2.10. The van der Waals surface area contributed by atoms with E-state index >= 15 is 0 Å². The van der Waals surface area contributed by atoms with Crippen LogP contribution < -0.4 is 5.32 Å². The van der Waals surface area contributed by atoms with E-state index in [-0.39, 0.29) is 0 Å². The van der Waals surface area contributed by atoms with Crippen molar-refractivity contribution in [1.29, 1.82) is 0 Å². The third-order valence-corrected chi connectivity index (χ3v) is 4.41. The Labute approximate surface area is 107 Å². The topological polar surface area (TPSA) is 46.2 Å². The van der Waals surface area contributed by atoms with Gasteiger partial charge >= 0.3 is 0 Å². The summed E-state index contributed by atoms with van der Waals surface area (Å²) in [7, 11) is -1.21. The normalized spacial score (nSPS) is 11.4. The average Bonchev–Trinajstić information content (AvgIpc) is 2.26. The Kier molecular flexibility index (Phi) is 5.24. The molecule has 0 amide bonds. The SMILES string of the molecule is C=C(CNC)CSc1ccc(S(C)(=O)=O)cc1. The van der Waals surface area contributed by atoms with Gasteiger partial charge < -0.3 is 5.32 Å². The number of rotatable bonds is 6. The molecule has 0 radical (unpaired) electrons. The van der Waals surface area contributed by atoms with Crippen LogP contribution in [0.15, 0.2) is 46.2 Å². The highest BCUT2D eigenvalue weighted by Crippen LogP contribution is 2.21. The molecule has 0 saturated heterocycles. The summed E-state index contributed by atoms with van der Waals surface area (Å²) in [6, 6.07) is 6.93. The second kappa shape index (κ2) is 6.23. The third kappa shape index (κ3) is 4.93. The summed E-state index contributed by atoms with van der Waals surface area (Å²) >= 11 is 1.65. The second-order valence-corrected chi connectivity index (χ2v) is 6.88. The zero-order chi connectivity index (χ0) is 12.9. The lowest BCUT2D eigenvalue weighted by molar-refractivity contribution is 0.602. The molecule has 1 aromatic carbocycles. The van der Waals surface area contributed by atoms with E-state index in [0.29, 0.717) is 4.90 Å². The van der Waals surface area contributed by atoms with Gasteiger partial charge in [-0.2, -0.15) is 0 Å². The number of likely N-dealkylation sites (N-methyl/N-ethyl adjacent to an activating group) is 1. The maximum atomic E-state index is 11.3. The Hall–Kier alpha value is -0.780. The van der Waals surface area contributed by atoms with Crippen molar-refractivity contribution in [2.45, 2.75) is 9.79 Å². The molecule has 1 aromatic rings. The largest absolute Gasteiger partial charge is 0.316 e.